The first-order valence-corrected chi connectivity index (χ1v) is 11.1. The lowest BCUT2D eigenvalue weighted by Crippen LogP contribution is -2.32. The van der Waals surface area contributed by atoms with E-state index in [0.717, 1.165) is 22.4 Å². The van der Waals surface area contributed by atoms with Crippen LogP contribution in [0.3, 0.4) is 0 Å². The monoisotopic (exact) mass is 435 g/mol. The maximum absolute atomic E-state index is 13.5. The van der Waals surface area contributed by atoms with Crippen LogP contribution < -0.4 is 10.2 Å². The lowest BCUT2D eigenvalue weighted by molar-refractivity contribution is -0.129. The van der Waals surface area contributed by atoms with E-state index in [-0.39, 0.29) is 6.42 Å². The highest BCUT2D eigenvalue weighted by Gasteiger charge is 2.29. The van der Waals surface area contributed by atoms with Crippen LogP contribution in [-0.2, 0) is 22.4 Å². The fourth-order valence-electron chi connectivity index (χ4n) is 3.23. The van der Waals surface area contributed by atoms with E-state index in [2.05, 4.69) is 0 Å². The van der Waals surface area contributed by atoms with Crippen LogP contribution in [-0.4, -0.2) is 28.0 Å². The summed E-state index contributed by atoms with van der Waals surface area (Å²) in [6.07, 6.45) is 4.27. The molecule has 3 aromatic rings. The summed E-state index contributed by atoms with van der Waals surface area (Å²) in [4.78, 5) is 12.5. The van der Waals surface area contributed by atoms with E-state index >= 15 is 0 Å². The third-order valence-corrected chi connectivity index (χ3v) is 6.60. The zero-order chi connectivity index (χ0) is 22.1. The van der Waals surface area contributed by atoms with Crippen molar-refractivity contribution in [2.75, 3.05) is 7.11 Å². The summed E-state index contributed by atoms with van der Waals surface area (Å²) < 4.78 is 18.7. The van der Waals surface area contributed by atoms with Crippen LogP contribution in [0.25, 0.3) is 12.2 Å². The number of methoxy groups -OCH3 is 1. The number of hydrogen-bond acceptors (Lipinski definition) is 4. The fraction of sp³-hybridized carbons (Fsp3) is 0.160. The minimum atomic E-state index is -1.46. The first-order chi connectivity index (χ1) is 15.1. The largest absolute Gasteiger partial charge is 0.611 e. The summed E-state index contributed by atoms with van der Waals surface area (Å²) in [6, 6.07) is 24.7. The van der Waals surface area contributed by atoms with Crippen LogP contribution in [0.15, 0.2) is 83.8 Å². The van der Waals surface area contributed by atoms with Crippen LogP contribution in [0.5, 0.6) is 5.75 Å². The average molecular weight is 436 g/mol. The smallest absolute Gasteiger partial charge is 0.248 e. The molecule has 0 aliphatic heterocycles. The number of nitrogens with one attached hydrogen (secondary N) is 1. The molecule has 0 aromatic heterocycles. The van der Waals surface area contributed by atoms with Gasteiger partial charge in [-0.15, -0.1) is 0 Å². The molecule has 0 bridgehead atoms. The molecule has 1 amide bonds. The molecule has 5 nitrogen and oxygen atoms in total. The Morgan fingerprint density at radius 3 is 2.39 bits per heavy atom. The molecule has 0 spiro atoms. The average Bonchev–Trinajstić information content (AvgIpc) is 2.83. The van der Waals surface area contributed by atoms with Crippen molar-refractivity contribution in [2.45, 2.75) is 23.0 Å². The van der Waals surface area contributed by atoms with Gasteiger partial charge in [0.05, 0.1) is 13.5 Å². The quantitative estimate of drug-likeness (QED) is 0.225. The molecule has 2 N–H and O–H groups in total. The molecule has 31 heavy (non-hydrogen) atoms. The predicted octanol–water partition coefficient (Wildman–Crippen LogP) is 4.48. The van der Waals surface area contributed by atoms with Crippen LogP contribution >= 0.6 is 0 Å². The van der Waals surface area contributed by atoms with Gasteiger partial charge in [-0.3, -0.25) is 10.0 Å². The second-order valence-electron chi connectivity index (χ2n) is 6.99. The summed E-state index contributed by atoms with van der Waals surface area (Å²) >= 11 is -1.46. The molecule has 0 saturated heterocycles. The van der Waals surface area contributed by atoms with Crippen molar-refractivity contribution in [1.29, 1.82) is 0 Å². The SMILES string of the molecule is COc1ccc(C=Cc2ccccc2[S+]([O-])C(CC(=O)NO)Cc2ccccc2)cc1. The third kappa shape index (κ3) is 6.46. The Hall–Kier alpha value is -3.06. The predicted molar refractivity (Wildman–Crippen MR) is 123 cm³/mol. The van der Waals surface area contributed by atoms with Crippen molar-refractivity contribution in [3.63, 3.8) is 0 Å². The molecule has 0 heterocycles. The standard InChI is InChI=1S/C25H25NO4S/c1-30-22-15-12-19(13-16-22)11-14-21-9-5-6-10-24(21)31(29)23(18-25(27)26-28)17-20-7-3-2-4-8-20/h2-16,23,28H,17-18H2,1H3,(H,26,27). The number of ether oxygens (including phenoxy) is 1. The topological polar surface area (TPSA) is 81.6 Å². The molecule has 160 valence electrons. The van der Waals surface area contributed by atoms with Crippen LogP contribution in [0, 0.1) is 0 Å². The summed E-state index contributed by atoms with van der Waals surface area (Å²) in [7, 11) is 1.62. The van der Waals surface area contributed by atoms with Gasteiger partial charge in [0.1, 0.15) is 11.0 Å². The van der Waals surface area contributed by atoms with Gasteiger partial charge in [0.2, 0.25) is 5.91 Å². The number of hydroxylamine groups is 1. The van der Waals surface area contributed by atoms with Crippen molar-refractivity contribution in [3.05, 3.63) is 95.6 Å². The molecule has 0 fully saturated rings. The molecular formula is C25H25NO4S. The molecule has 0 aliphatic carbocycles. The van der Waals surface area contributed by atoms with Gasteiger partial charge in [-0.2, -0.15) is 0 Å². The minimum Gasteiger partial charge on any atom is -0.611 e. The number of rotatable bonds is 9. The minimum absolute atomic E-state index is 0.0471. The number of hydrogen-bond donors (Lipinski definition) is 2. The molecule has 3 aromatic carbocycles. The van der Waals surface area contributed by atoms with E-state index in [1.165, 1.54) is 0 Å². The number of benzene rings is 3. The van der Waals surface area contributed by atoms with Gasteiger partial charge < -0.3 is 9.29 Å². The summed E-state index contributed by atoms with van der Waals surface area (Å²) in [6.45, 7) is 0. The Bertz CT molecular complexity index is 1010. The van der Waals surface area contributed by atoms with Crippen molar-refractivity contribution in [1.82, 2.24) is 5.48 Å². The third-order valence-electron chi connectivity index (χ3n) is 4.85. The molecule has 0 saturated carbocycles. The molecule has 0 radical (unpaired) electrons. The molecule has 2 atom stereocenters. The second-order valence-corrected chi connectivity index (χ2v) is 8.69. The lowest BCUT2D eigenvalue weighted by Gasteiger charge is -2.22. The van der Waals surface area contributed by atoms with Crippen LogP contribution in [0.4, 0.5) is 0 Å². The maximum atomic E-state index is 13.5. The van der Waals surface area contributed by atoms with Crippen LogP contribution in [0.1, 0.15) is 23.1 Å². The fourth-order valence-corrected chi connectivity index (χ4v) is 4.82. The Morgan fingerprint density at radius 1 is 1.03 bits per heavy atom. The molecule has 3 rings (SSSR count). The van der Waals surface area contributed by atoms with Gasteiger partial charge in [-0.05, 0) is 52.6 Å². The first-order valence-electron chi connectivity index (χ1n) is 9.89. The summed E-state index contributed by atoms with van der Waals surface area (Å²) in [5.41, 5.74) is 4.45. The van der Waals surface area contributed by atoms with E-state index < -0.39 is 22.3 Å². The Morgan fingerprint density at radius 2 is 1.71 bits per heavy atom. The number of carbonyl (C=O) groups is 1. The molecule has 2 unspecified atom stereocenters. The van der Waals surface area contributed by atoms with Crippen molar-refractivity contribution >= 4 is 29.2 Å². The van der Waals surface area contributed by atoms with E-state index in [1.54, 1.807) is 12.6 Å². The molecule has 6 heteroatoms. The normalized spacial score (nSPS) is 13.0. The van der Waals surface area contributed by atoms with Gasteiger partial charge in [0.25, 0.3) is 0 Å². The van der Waals surface area contributed by atoms with Crippen molar-refractivity contribution < 1.29 is 19.3 Å². The first kappa shape index (κ1) is 22.6. The highest BCUT2D eigenvalue weighted by Crippen LogP contribution is 2.26. The zero-order valence-corrected chi connectivity index (χ0v) is 18.0. The Labute approximate surface area is 185 Å². The van der Waals surface area contributed by atoms with E-state index in [4.69, 9.17) is 9.94 Å². The number of carbonyl (C=O) groups excluding carboxylic acids is 1. The highest BCUT2D eigenvalue weighted by atomic mass is 32.2. The van der Waals surface area contributed by atoms with Gasteiger partial charge >= 0.3 is 0 Å². The molecular weight excluding hydrogens is 410 g/mol. The van der Waals surface area contributed by atoms with Crippen LogP contribution in [0.2, 0.25) is 0 Å². The summed E-state index contributed by atoms with van der Waals surface area (Å²) in [5.74, 6) is 0.227. The molecule has 0 aliphatic rings. The van der Waals surface area contributed by atoms with Gasteiger partial charge in [-0.25, -0.2) is 5.48 Å². The van der Waals surface area contributed by atoms with Crippen molar-refractivity contribution in [2.24, 2.45) is 0 Å². The Balaban J connectivity index is 1.86. The zero-order valence-electron chi connectivity index (χ0n) is 17.2. The highest BCUT2D eigenvalue weighted by molar-refractivity contribution is 7.92. The Kier molecular flexibility index (Phi) is 8.29. The maximum Gasteiger partial charge on any atom is 0.248 e. The lowest BCUT2D eigenvalue weighted by atomic mass is 10.1. The second kappa shape index (κ2) is 11.4. The van der Waals surface area contributed by atoms with E-state index in [0.29, 0.717) is 11.3 Å². The number of amides is 1. The van der Waals surface area contributed by atoms with Gasteiger partial charge in [0, 0.05) is 12.0 Å². The van der Waals surface area contributed by atoms with E-state index in [9.17, 15) is 9.35 Å². The van der Waals surface area contributed by atoms with E-state index in [1.807, 2.05) is 91.0 Å². The van der Waals surface area contributed by atoms with Gasteiger partial charge in [0.15, 0.2) is 4.90 Å². The summed E-state index contributed by atoms with van der Waals surface area (Å²) in [5, 5.41) is 8.50. The van der Waals surface area contributed by atoms with Crippen molar-refractivity contribution in [3.8, 4) is 5.75 Å². The van der Waals surface area contributed by atoms with Gasteiger partial charge in [-0.1, -0.05) is 60.7 Å².